The molecule has 5 aromatic rings. The van der Waals surface area contributed by atoms with Crippen molar-refractivity contribution in [2.75, 3.05) is 18.9 Å². The lowest BCUT2D eigenvalue weighted by molar-refractivity contribution is 0.0600. The highest BCUT2D eigenvalue weighted by Gasteiger charge is 2.22. The molecule has 0 bridgehead atoms. The number of sulfonamides is 1. The molecule has 0 radical (unpaired) electrons. The van der Waals surface area contributed by atoms with Crippen LogP contribution in [-0.2, 0) is 14.8 Å². The van der Waals surface area contributed by atoms with Gasteiger partial charge < -0.3 is 9.47 Å². The summed E-state index contributed by atoms with van der Waals surface area (Å²) in [7, 11) is -1.80. The number of hydrogen-bond acceptors (Lipinski definition) is 7. The molecule has 0 atom stereocenters. The quantitative estimate of drug-likeness (QED) is 0.249. The van der Waals surface area contributed by atoms with Crippen LogP contribution >= 0.6 is 0 Å². The van der Waals surface area contributed by atoms with Crippen molar-refractivity contribution in [3.63, 3.8) is 0 Å². The summed E-state index contributed by atoms with van der Waals surface area (Å²) in [5, 5.41) is 0.803. The summed E-state index contributed by atoms with van der Waals surface area (Å²) in [5.74, 6) is -2.61. The van der Waals surface area contributed by atoms with E-state index in [1.807, 2.05) is 30.3 Å². The van der Waals surface area contributed by atoms with E-state index in [0.717, 1.165) is 28.6 Å². The lowest BCUT2D eigenvalue weighted by Gasteiger charge is -2.14. The first-order valence-electron chi connectivity index (χ1n) is 11.8. The Labute approximate surface area is 228 Å². The number of halogens is 2. The number of nitrogens with zero attached hydrogens (tertiary/aromatic N) is 2. The standard InChI is InChI=1S/C29H21F2N3O5S/c1-38-28-26(34-40(36,37)27-10-8-21(30)15-24(27)31)14-20(16-33-28)19-7-9-25-23(13-19)22(11-12-32-25)17-3-5-18(6-4-17)29(35)39-2/h3-16,34H,1-2H3. The van der Waals surface area contributed by atoms with E-state index >= 15 is 0 Å². The molecule has 40 heavy (non-hydrogen) atoms. The zero-order valence-electron chi connectivity index (χ0n) is 21.2. The van der Waals surface area contributed by atoms with E-state index in [0.29, 0.717) is 28.3 Å². The molecule has 0 unspecified atom stereocenters. The molecule has 5 rings (SSSR count). The van der Waals surface area contributed by atoms with Crippen molar-refractivity contribution in [1.29, 1.82) is 0 Å². The molecule has 8 nitrogen and oxygen atoms in total. The van der Waals surface area contributed by atoms with Crippen LogP contribution in [0.1, 0.15) is 10.4 Å². The van der Waals surface area contributed by atoms with Gasteiger partial charge in [0, 0.05) is 29.4 Å². The van der Waals surface area contributed by atoms with Gasteiger partial charge in [-0.25, -0.2) is 27.0 Å². The third kappa shape index (κ3) is 5.19. The van der Waals surface area contributed by atoms with Gasteiger partial charge in [-0.15, -0.1) is 0 Å². The minimum absolute atomic E-state index is 0.0337. The van der Waals surface area contributed by atoms with E-state index in [-0.39, 0.29) is 11.6 Å². The van der Waals surface area contributed by atoms with Crippen LogP contribution in [0, 0.1) is 11.6 Å². The van der Waals surface area contributed by atoms with Crippen LogP contribution in [0.4, 0.5) is 14.5 Å². The third-order valence-corrected chi connectivity index (χ3v) is 7.56. The first-order valence-corrected chi connectivity index (χ1v) is 13.3. The molecule has 2 heterocycles. The normalized spacial score (nSPS) is 11.3. The molecule has 0 fully saturated rings. The number of fused-ring (bicyclic) bond motifs is 1. The van der Waals surface area contributed by atoms with Gasteiger partial charge in [0.1, 0.15) is 22.2 Å². The molecule has 2 aromatic heterocycles. The fourth-order valence-electron chi connectivity index (χ4n) is 4.22. The minimum Gasteiger partial charge on any atom is -0.480 e. The number of ether oxygens (including phenoxy) is 2. The summed E-state index contributed by atoms with van der Waals surface area (Å²) >= 11 is 0. The Balaban J connectivity index is 1.55. The van der Waals surface area contributed by atoms with Gasteiger partial charge in [-0.3, -0.25) is 9.71 Å². The first-order chi connectivity index (χ1) is 19.2. The highest BCUT2D eigenvalue weighted by Crippen LogP contribution is 2.34. The predicted octanol–water partition coefficient (Wildman–Crippen LogP) is 5.84. The van der Waals surface area contributed by atoms with E-state index in [4.69, 9.17) is 9.47 Å². The van der Waals surface area contributed by atoms with Crippen molar-refractivity contribution in [3.05, 3.63) is 102 Å². The molecule has 0 saturated carbocycles. The second-order valence-electron chi connectivity index (χ2n) is 8.62. The molecule has 11 heteroatoms. The van der Waals surface area contributed by atoms with Crippen molar-refractivity contribution in [2.24, 2.45) is 0 Å². The molecule has 0 spiro atoms. The van der Waals surface area contributed by atoms with Gasteiger partial charge in [0.2, 0.25) is 5.88 Å². The Morgan fingerprint density at radius 2 is 1.60 bits per heavy atom. The largest absolute Gasteiger partial charge is 0.480 e. The van der Waals surface area contributed by atoms with Gasteiger partial charge in [-0.05, 0) is 65.2 Å². The van der Waals surface area contributed by atoms with Crippen LogP contribution in [0.5, 0.6) is 5.88 Å². The lowest BCUT2D eigenvalue weighted by Crippen LogP contribution is -2.15. The highest BCUT2D eigenvalue weighted by atomic mass is 32.2. The Morgan fingerprint density at radius 3 is 2.30 bits per heavy atom. The molecule has 3 aromatic carbocycles. The number of aromatic nitrogens is 2. The number of methoxy groups -OCH3 is 2. The zero-order chi connectivity index (χ0) is 28.4. The van der Waals surface area contributed by atoms with Crippen LogP contribution in [0.25, 0.3) is 33.2 Å². The summed E-state index contributed by atoms with van der Waals surface area (Å²) < 4.78 is 65.7. The fourth-order valence-corrected chi connectivity index (χ4v) is 5.33. The lowest BCUT2D eigenvalue weighted by atomic mass is 9.97. The molecule has 0 aliphatic rings. The summed E-state index contributed by atoms with van der Waals surface area (Å²) in [6.07, 6.45) is 3.19. The molecular weight excluding hydrogens is 540 g/mol. The van der Waals surface area contributed by atoms with Gasteiger partial charge in [-0.2, -0.15) is 0 Å². The summed E-state index contributed by atoms with van der Waals surface area (Å²) in [6.45, 7) is 0. The van der Waals surface area contributed by atoms with Crippen molar-refractivity contribution < 1.29 is 31.5 Å². The van der Waals surface area contributed by atoms with E-state index in [1.54, 1.807) is 24.4 Å². The number of carbonyl (C=O) groups excluding carboxylic acids is 1. The van der Waals surface area contributed by atoms with Crippen molar-refractivity contribution in [1.82, 2.24) is 9.97 Å². The van der Waals surface area contributed by atoms with Gasteiger partial charge in [0.25, 0.3) is 10.0 Å². The summed E-state index contributed by atoms with van der Waals surface area (Å²) in [5.41, 5.74) is 4.04. The number of pyridine rings is 2. The minimum atomic E-state index is -4.44. The summed E-state index contributed by atoms with van der Waals surface area (Å²) in [6, 6.07) is 18.0. The van der Waals surface area contributed by atoms with Crippen LogP contribution in [0.2, 0.25) is 0 Å². The van der Waals surface area contributed by atoms with Crippen LogP contribution in [0.15, 0.2) is 90.1 Å². The molecule has 1 N–H and O–H groups in total. The average molecular weight is 562 g/mol. The van der Waals surface area contributed by atoms with Gasteiger partial charge in [-0.1, -0.05) is 18.2 Å². The molecular formula is C29H21F2N3O5S. The van der Waals surface area contributed by atoms with Crippen molar-refractivity contribution in [3.8, 4) is 28.1 Å². The number of benzene rings is 3. The highest BCUT2D eigenvalue weighted by molar-refractivity contribution is 7.92. The first kappa shape index (κ1) is 26.7. The fraction of sp³-hybridized carbons (Fsp3) is 0.0690. The summed E-state index contributed by atoms with van der Waals surface area (Å²) in [4.78, 5) is 19.8. The van der Waals surface area contributed by atoms with E-state index in [2.05, 4.69) is 14.7 Å². The Hall–Kier alpha value is -4.90. The predicted molar refractivity (Wildman–Crippen MR) is 145 cm³/mol. The van der Waals surface area contributed by atoms with Crippen molar-refractivity contribution in [2.45, 2.75) is 4.90 Å². The monoisotopic (exact) mass is 561 g/mol. The second kappa shape index (κ2) is 10.7. The third-order valence-electron chi connectivity index (χ3n) is 6.16. The topological polar surface area (TPSA) is 107 Å². The molecule has 202 valence electrons. The number of esters is 1. The smallest absolute Gasteiger partial charge is 0.337 e. The number of carbonyl (C=O) groups is 1. The number of rotatable bonds is 7. The maximum atomic E-state index is 14.2. The van der Waals surface area contributed by atoms with Gasteiger partial charge in [0.15, 0.2) is 0 Å². The number of hydrogen-bond donors (Lipinski definition) is 1. The maximum Gasteiger partial charge on any atom is 0.337 e. The van der Waals surface area contributed by atoms with Crippen LogP contribution in [0.3, 0.4) is 0 Å². The Morgan fingerprint density at radius 1 is 0.850 bits per heavy atom. The molecule has 0 amide bonds. The second-order valence-corrected chi connectivity index (χ2v) is 10.3. The molecule has 0 aliphatic heterocycles. The van der Waals surface area contributed by atoms with Gasteiger partial charge in [0.05, 0.1) is 25.3 Å². The van der Waals surface area contributed by atoms with E-state index < -0.39 is 32.5 Å². The molecule has 0 aliphatic carbocycles. The maximum absolute atomic E-state index is 14.2. The Bertz CT molecular complexity index is 1860. The van der Waals surface area contributed by atoms with Crippen LogP contribution in [-0.4, -0.2) is 38.6 Å². The van der Waals surface area contributed by atoms with Gasteiger partial charge >= 0.3 is 5.97 Å². The van der Waals surface area contributed by atoms with Crippen molar-refractivity contribution >= 4 is 32.6 Å². The Kier molecular flexibility index (Phi) is 7.14. The number of anilines is 1. The SMILES string of the molecule is COC(=O)c1ccc(-c2ccnc3ccc(-c4cnc(OC)c(NS(=O)(=O)c5ccc(F)cc5F)c4)cc23)cc1. The molecule has 0 saturated heterocycles. The number of nitrogens with one attached hydrogen (secondary N) is 1. The van der Waals surface area contributed by atoms with E-state index in [9.17, 15) is 22.0 Å². The van der Waals surface area contributed by atoms with Crippen LogP contribution < -0.4 is 9.46 Å². The van der Waals surface area contributed by atoms with E-state index in [1.165, 1.54) is 26.5 Å². The average Bonchev–Trinajstić information content (AvgIpc) is 2.95. The zero-order valence-corrected chi connectivity index (χ0v) is 22.0.